The van der Waals surface area contributed by atoms with Crippen molar-refractivity contribution in [2.24, 2.45) is 0 Å². The minimum atomic E-state index is -0.509. The van der Waals surface area contributed by atoms with Crippen LogP contribution in [0.2, 0.25) is 0 Å². The predicted molar refractivity (Wildman–Crippen MR) is 67.7 cm³/mol. The van der Waals surface area contributed by atoms with Crippen molar-refractivity contribution in [2.45, 2.75) is 13.8 Å². The average molecular weight is 243 g/mol. The molecular formula is C14H13NO3. The molecule has 0 aliphatic carbocycles. The number of ketones is 1. The van der Waals surface area contributed by atoms with Crippen molar-refractivity contribution in [1.82, 2.24) is 4.98 Å². The third kappa shape index (κ3) is 2.22. The highest BCUT2D eigenvalue weighted by Gasteiger charge is 2.14. The smallest absolute Gasteiger partial charge is 0.356 e. The topological polar surface area (TPSA) is 56.3 Å². The van der Waals surface area contributed by atoms with E-state index in [-0.39, 0.29) is 18.1 Å². The Morgan fingerprint density at radius 3 is 2.67 bits per heavy atom. The van der Waals surface area contributed by atoms with Crippen LogP contribution in [0, 0.1) is 0 Å². The molecule has 0 spiro atoms. The molecule has 0 radical (unpaired) electrons. The van der Waals surface area contributed by atoms with Crippen molar-refractivity contribution < 1.29 is 14.3 Å². The lowest BCUT2D eigenvalue weighted by molar-refractivity contribution is 0.0520. The molecule has 2 rings (SSSR count). The second kappa shape index (κ2) is 4.96. The van der Waals surface area contributed by atoms with E-state index in [0.29, 0.717) is 11.1 Å². The number of rotatable bonds is 3. The first kappa shape index (κ1) is 12.2. The van der Waals surface area contributed by atoms with Crippen LogP contribution in [0.15, 0.2) is 30.3 Å². The molecule has 0 bridgehead atoms. The summed E-state index contributed by atoms with van der Waals surface area (Å²) in [4.78, 5) is 27.5. The average Bonchev–Trinajstić information content (AvgIpc) is 2.37. The maximum atomic E-state index is 11.7. The van der Waals surface area contributed by atoms with E-state index >= 15 is 0 Å². The molecule has 0 saturated carbocycles. The number of hydrogen-bond acceptors (Lipinski definition) is 4. The fourth-order valence-electron chi connectivity index (χ4n) is 1.78. The molecule has 0 saturated heterocycles. The standard InChI is InChI=1S/C14H13NO3/c1-3-18-14(17)13-8-11(9(2)16)10-6-4-5-7-12(10)15-13/h4-8H,3H2,1-2H3. The number of benzene rings is 1. The molecule has 0 atom stereocenters. The molecule has 0 aliphatic rings. The van der Waals surface area contributed by atoms with Crippen molar-refractivity contribution in [1.29, 1.82) is 0 Å². The number of hydrogen-bond donors (Lipinski definition) is 0. The number of ether oxygens (including phenoxy) is 1. The summed E-state index contributed by atoms with van der Waals surface area (Å²) in [5, 5.41) is 0.748. The maximum absolute atomic E-state index is 11.7. The van der Waals surface area contributed by atoms with Gasteiger partial charge in [-0.05, 0) is 26.0 Å². The number of pyridine rings is 1. The highest BCUT2D eigenvalue weighted by Crippen LogP contribution is 2.19. The van der Waals surface area contributed by atoms with Gasteiger partial charge in [-0.25, -0.2) is 9.78 Å². The van der Waals surface area contributed by atoms with Crippen LogP contribution in [0.3, 0.4) is 0 Å². The van der Waals surface area contributed by atoms with Gasteiger partial charge in [0.25, 0.3) is 0 Å². The number of fused-ring (bicyclic) bond motifs is 1. The third-order valence-electron chi connectivity index (χ3n) is 2.58. The van der Waals surface area contributed by atoms with Gasteiger partial charge in [0.1, 0.15) is 5.69 Å². The van der Waals surface area contributed by atoms with Gasteiger partial charge in [0.15, 0.2) is 5.78 Å². The van der Waals surface area contributed by atoms with Gasteiger partial charge in [-0.15, -0.1) is 0 Å². The minimum absolute atomic E-state index is 0.0980. The molecular weight excluding hydrogens is 230 g/mol. The van der Waals surface area contributed by atoms with Crippen molar-refractivity contribution >= 4 is 22.7 Å². The lowest BCUT2D eigenvalue weighted by Crippen LogP contribution is -2.09. The van der Waals surface area contributed by atoms with Crippen LogP contribution in [0.25, 0.3) is 10.9 Å². The number of aromatic nitrogens is 1. The predicted octanol–water partition coefficient (Wildman–Crippen LogP) is 2.61. The van der Waals surface area contributed by atoms with Crippen LogP contribution in [0.4, 0.5) is 0 Å². The number of esters is 1. The molecule has 4 nitrogen and oxygen atoms in total. The second-order valence-corrected chi connectivity index (χ2v) is 3.85. The minimum Gasteiger partial charge on any atom is -0.461 e. The van der Waals surface area contributed by atoms with Gasteiger partial charge in [0, 0.05) is 10.9 Å². The number of para-hydroxylation sites is 1. The van der Waals surface area contributed by atoms with E-state index in [1.807, 2.05) is 18.2 Å². The summed E-state index contributed by atoms with van der Waals surface area (Å²) in [6.07, 6.45) is 0. The Balaban J connectivity index is 2.64. The summed E-state index contributed by atoms with van der Waals surface area (Å²) in [6, 6.07) is 8.72. The molecule has 0 N–H and O–H groups in total. The summed E-state index contributed by atoms with van der Waals surface area (Å²) >= 11 is 0. The molecule has 0 aliphatic heterocycles. The Bertz CT molecular complexity index is 619. The van der Waals surface area contributed by atoms with Crippen LogP contribution in [0.5, 0.6) is 0 Å². The van der Waals surface area contributed by atoms with E-state index in [9.17, 15) is 9.59 Å². The van der Waals surface area contributed by atoms with Crippen molar-refractivity contribution in [3.05, 3.63) is 41.6 Å². The molecule has 2 aromatic rings. The van der Waals surface area contributed by atoms with E-state index in [1.54, 1.807) is 13.0 Å². The summed E-state index contributed by atoms with van der Waals surface area (Å²) in [6.45, 7) is 3.48. The SMILES string of the molecule is CCOC(=O)c1cc(C(C)=O)c2ccccc2n1. The molecule has 0 unspecified atom stereocenters. The number of Topliss-reactive ketones (excluding diaryl/α,β-unsaturated/α-hetero) is 1. The summed E-state index contributed by atoms with van der Waals surface area (Å²) in [5.41, 5.74) is 1.28. The summed E-state index contributed by atoms with van der Waals surface area (Å²) in [7, 11) is 0. The lowest BCUT2D eigenvalue weighted by Gasteiger charge is -2.06. The van der Waals surface area contributed by atoms with Crippen LogP contribution in [0.1, 0.15) is 34.7 Å². The number of carbonyl (C=O) groups is 2. The van der Waals surface area contributed by atoms with Crippen LogP contribution in [-0.2, 0) is 4.74 Å². The van der Waals surface area contributed by atoms with Gasteiger partial charge in [0.05, 0.1) is 12.1 Å². The normalized spacial score (nSPS) is 10.3. The fourth-order valence-corrected chi connectivity index (χ4v) is 1.78. The fraction of sp³-hybridized carbons (Fsp3) is 0.214. The maximum Gasteiger partial charge on any atom is 0.356 e. The van der Waals surface area contributed by atoms with Crippen molar-refractivity contribution in [2.75, 3.05) is 6.61 Å². The first-order valence-corrected chi connectivity index (χ1v) is 5.71. The van der Waals surface area contributed by atoms with Crippen LogP contribution in [-0.4, -0.2) is 23.3 Å². The summed E-state index contributed by atoms with van der Waals surface area (Å²) in [5.74, 6) is -0.607. The van der Waals surface area contributed by atoms with Crippen LogP contribution < -0.4 is 0 Å². The molecule has 1 heterocycles. The van der Waals surface area contributed by atoms with Gasteiger partial charge in [-0.2, -0.15) is 0 Å². The van der Waals surface area contributed by atoms with Crippen molar-refractivity contribution in [3.63, 3.8) is 0 Å². The Hall–Kier alpha value is -2.23. The van der Waals surface area contributed by atoms with E-state index < -0.39 is 5.97 Å². The summed E-state index contributed by atoms with van der Waals surface area (Å²) < 4.78 is 4.90. The van der Waals surface area contributed by atoms with E-state index in [1.165, 1.54) is 13.0 Å². The molecule has 4 heteroatoms. The molecule has 1 aromatic carbocycles. The zero-order chi connectivity index (χ0) is 13.1. The Labute approximate surface area is 105 Å². The highest BCUT2D eigenvalue weighted by atomic mass is 16.5. The zero-order valence-electron chi connectivity index (χ0n) is 10.3. The number of carbonyl (C=O) groups excluding carboxylic acids is 2. The third-order valence-corrected chi connectivity index (χ3v) is 2.58. The van der Waals surface area contributed by atoms with E-state index in [2.05, 4.69) is 4.98 Å². The molecule has 18 heavy (non-hydrogen) atoms. The van der Waals surface area contributed by atoms with Gasteiger partial charge in [-0.1, -0.05) is 18.2 Å². The highest BCUT2D eigenvalue weighted by molar-refractivity contribution is 6.08. The van der Waals surface area contributed by atoms with Crippen molar-refractivity contribution in [3.8, 4) is 0 Å². The van der Waals surface area contributed by atoms with Gasteiger partial charge in [-0.3, -0.25) is 4.79 Å². The quantitative estimate of drug-likeness (QED) is 0.614. The zero-order valence-corrected chi connectivity index (χ0v) is 10.3. The van der Waals surface area contributed by atoms with Crippen LogP contribution >= 0.6 is 0 Å². The largest absolute Gasteiger partial charge is 0.461 e. The second-order valence-electron chi connectivity index (χ2n) is 3.85. The molecule has 1 aromatic heterocycles. The van der Waals surface area contributed by atoms with Gasteiger partial charge in [0.2, 0.25) is 0 Å². The van der Waals surface area contributed by atoms with E-state index in [0.717, 1.165) is 5.39 Å². The molecule has 0 fully saturated rings. The molecule has 92 valence electrons. The van der Waals surface area contributed by atoms with Gasteiger partial charge < -0.3 is 4.74 Å². The Morgan fingerprint density at radius 1 is 1.28 bits per heavy atom. The Morgan fingerprint density at radius 2 is 2.00 bits per heavy atom. The lowest BCUT2D eigenvalue weighted by atomic mass is 10.0. The monoisotopic (exact) mass is 243 g/mol. The number of nitrogens with zero attached hydrogens (tertiary/aromatic N) is 1. The first-order valence-electron chi connectivity index (χ1n) is 5.71. The van der Waals surface area contributed by atoms with E-state index in [4.69, 9.17) is 4.74 Å². The molecule has 0 amide bonds. The first-order chi connectivity index (χ1) is 8.63. The van der Waals surface area contributed by atoms with Gasteiger partial charge >= 0.3 is 5.97 Å². The Kier molecular flexibility index (Phi) is 3.37.